The molecular formula is C16H17N3O2. The molecule has 0 spiro atoms. The molecule has 0 radical (unpaired) electrons. The average Bonchev–Trinajstić information content (AvgIpc) is 3.00. The largest absolute Gasteiger partial charge is 0.497 e. The van der Waals surface area contributed by atoms with E-state index in [4.69, 9.17) is 9.47 Å². The maximum absolute atomic E-state index is 5.28. The van der Waals surface area contributed by atoms with Gasteiger partial charge >= 0.3 is 0 Å². The molecule has 0 fully saturated rings. The second-order valence-corrected chi connectivity index (χ2v) is 4.75. The van der Waals surface area contributed by atoms with Gasteiger partial charge in [-0.2, -0.15) is 5.10 Å². The smallest absolute Gasteiger partial charge is 0.122 e. The number of methoxy groups -OCH3 is 2. The first-order chi connectivity index (χ1) is 10.3. The van der Waals surface area contributed by atoms with Crippen molar-refractivity contribution in [1.29, 1.82) is 0 Å². The average molecular weight is 283 g/mol. The van der Waals surface area contributed by atoms with E-state index in [-0.39, 0.29) is 0 Å². The standard InChI is InChI=1S/C16H17N3O2/c1-20-14-5-11(6-15(8-14)21-2)9-17-13-4-3-12-10-18-19-16(12)7-13/h3-8,10,17H,9H2,1-2H3,(H,18,19). The summed E-state index contributed by atoms with van der Waals surface area (Å²) >= 11 is 0. The predicted molar refractivity (Wildman–Crippen MR) is 83.0 cm³/mol. The highest BCUT2D eigenvalue weighted by Gasteiger charge is 2.03. The number of benzene rings is 2. The van der Waals surface area contributed by atoms with E-state index in [1.54, 1.807) is 14.2 Å². The molecule has 5 heteroatoms. The summed E-state index contributed by atoms with van der Waals surface area (Å²) < 4.78 is 10.6. The lowest BCUT2D eigenvalue weighted by Gasteiger charge is -2.10. The number of fused-ring (bicyclic) bond motifs is 1. The van der Waals surface area contributed by atoms with Crippen LogP contribution in [0.3, 0.4) is 0 Å². The van der Waals surface area contributed by atoms with Crippen LogP contribution < -0.4 is 14.8 Å². The van der Waals surface area contributed by atoms with Gasteiger partial charge in [0, 0.05) is 23.7 Å². The second kappa shape index (κ2) is 5.75. The first-order valence-electron chi connectivity index (χ1n) is 6.67. The first-order valence-corrected chi connectivity index (χ1v) is 6.67. The fraction of sp³-hybridized carbons (Fsp3) is 0.188. The minimum absolute atomic E-state index is 0.688. The number of aromatic amines is 1. The summed E-state index contributed by atoms with van der Waals surface area (Å²) in [6, 6.07) is 12.0. The van der Waals surface area contributed by atoms with E-state index in [0.717, 1.165) is 33.7 Å². The number of nitrogens with one attached hydrogen (secondary N) is 2. The van der Waals surface area contributed by atoms with Crippen molar-refractivity contribution in [2.24, 2.45) is 0 Å². The lowest BCUT2D eigenvalue weighted by molar-refractivity contribution is 0.393. The van der Waals surface area contributed by atoms with Crippen molar-refractivity contribution < 1.29 is 9.47 Å². The van der Waals surface area contributed by atoms with Crippen LogP contribution in [-0.2, 0) is 6.54 Å². The summed E-state index contributed by atoms with van der Waals surface area (Å²) in [6.45, 7) is 0.688. The van der Waals surface area contributed by atoms with Crippen LogP contribution in [0.25, 0.3) is 10.9 Å². The molecule has 0 aliphatic heterocycles. The normalized spacial score (nSPS) is 10.6. The zero-order chi connectivity index (χ0) is 14.7. The number of ether oxygens (including phenoxy) is 2. The van der Waals surface area contributed by atoms with Crippen LogP contribution in [0.15, 0.2) is 42.6 Å². The summed E-state index contributed by atoms with van der Waals surface area (Å²) in [4.78, 5) is 0. The highest BCUT2D eigenvalue weighted by Crippen LogP contribution is 2.23. The van der Waals surface area contributed by atoms with Crippen molar-refractivity contribution >= 4 is 16.6 Å². The van der Waals surface area contributed by atoms with E-state index in [0.29, 0.717) is 6.54 Å². The molecule has 3 rings (SSSR count). The van der Waals surface area contributed by atoms with Crippen LogP contribution >= 0.6 is 0 Å². The summed E-state index contributed by atoms with van der Waals surface area (Å²) in [5.41, 5.74) is 3.15. The van der Waals surface area contributed by atoms with E-state index in [1.807, 2.05) is 42.6 Å². The van der Waals surface area contributed by atoms with Gasteiger partial charge in [-0.25, -0.2) is 0 Å². The molecule has 0 unspecified atom stereocenters. The minimum atomic E-state index is 0.688. The highest BCUT2D eigenvalue weighted by molar-refractivity contribution is 5.81. The summed E-state index contributed by atoms with van der Waals surface area (Å²) in [7, 11) is 3.30. The number of nitrogens with zero attached hydrogens (tertiary/aromatic N) is 1. The Labute approximate surface area is 122 Å². The highest BCUT2D eigenvalue weighted by atomic mass is 16.5. The van der Waals surface area contributed by atoms with Gasteiger partial charge in [-0.3, -0.25) is 5.10 Å². The molecule has 2 aromatic carbocycles. The van der Waals surface area contributed by atoms with E-state index in [9.17, 15) is 0 Å². The van der Waals surface area contributed by atoms with Crippen LogP contribution in [-0.4, -0.2) is 24.4 Å². The number of aromatic nitrogens is 2. The van der Waals surface area contributed by atoms with E-state index in [2.05, 4.69) is 15.5 Å². The van der Waals surface area contributed by atoms with Gasteiger partial charge in [0.2, 0.25) is 0 Å². The van der Waals surface area contributed by atoms with Crippen molar-refractivity contribution in [3.05, 3.63) is 48.2 Å². The van der Waals surface area contributed by atoms with E-state index in [1.165, 1.54) is 0 Å². The molecule has 0 aliphatic carbocycles. The SMILES string of the molecule is COc1cc(CNc2ccc3cn[nH]c3c2)cc(OC)c1. The van der Waals surface area contributed by atoms with E-state index >= 15 is 0 Å². The molecule has 0 aliphatic rings. The maximum atomic E-state index is 5.28. The van der Waals surface area contributed by atoms with E-state index < -0.39 is 0 Å². The monoisotopic (exact) mass is 283 g/mol. The van der Waals surface area contributed by atoms with Gasteiger partial charge in [-0.15, -0.1) is 0 Å². The molecule has 0 bridgehead atoms. The Morgan fingerprint density at radius 3 is 2.52 bits per heavy atom. The molecule has 21 heavy (non-hydrogen) atoms. The van der Waals surface area contributed by atoms with Crippen molar-refractivity contribution in [2.75, 3.05) is 19.5 Å². The summed E-state index contributed by atoms with van der Waals surface area (Å²) in [5, 5.41) is 11.5. The molecule has 0 atom stereocenters. The maximum Gasteiger partial charge on any atom is 0.122 e. The van der Waals surface area contributed by atoms with Gasteiger partial charge in [-0.1, -0.05) is 0 Å². The van der Waals surface area contributed by atoms with Gasteiger partial charge in [0.05, 0.1) is 25.9 Å². The topological polar surface area (TPSA) is 59.2 Å². The summed E-state index contributed by atoms with van der Waals surface area (Å²) in [6.07, 6.45) is 1.81. The molecule has 108 valence electrons. The Kier molecular flexibility index (Phi) is 3.64. The van der Waals surface area contributed by atoms with Crippen molar-refractivity contribution in [1.82, 2.24) is 10.2 Å². The fourth-order valence-corrected chi connectivity index (χ4v) is 2.22. The molecule has 0 amide bonds. The van der Waals surface area contributed by atoms with Crippen molar-refractivity contribution in [2.45, 2.75) is 6.54 Å². The van der Waals surface area contributed by atoms with Crippen molar-refractivity contribution in [3.63, 3.8) is 0 Å². The third-order valence-electron chi connectivity index (χ3n) is 3.35. The van der Waals surface area contributed by atoms with Gasteiger partial charge in [0.15, 0.2) is 0 Å². The van der Waals surface area contributed by atoms with Gasteiger partial charge in [0.1, 0.15) is 11.5 Å². The van der Waals surface area contributed by atoms with Crippen LogP contribution in [0, 0.1) is 0 Å². The van der Waals surface area contributed by atoms with Crippen LogP contribution in [0.2, 0.25) is 0 Å². The molecule has 1 heterocycles. The fourth-order valence-electron chi connectivity index (χ4n) is 2.22. The number of hydrogen-bond donors (Lipinski definition) is 2. The van der Waals surface area contributed by atoms with Gasteiger partial charge < -0.3 is 14.8 Å². The Morgan fingerprint density at radius 1 is 1.05 bits per heavy atom. The number of anilines is 1. The van der Waals surface area contributed by atoms with Crippen LogP contribution in [0.1, 0.15) is 5.56 Å². The quantitative estimate of drug-likeness (QED) is 0.755. The molecule has 2 N–H and O–H groups in total. The lowest BCUT2D eigenvalue weighted by Crippen LogP contribution is -2.00. The minimum Gasteiger partial charge on any atom is -0.497 e. The molecule has 0 saturated heterocycles. The molecule has 0 saturated carbocycles. The Bertz CT molecular complexity index is 730. The van der Waals surface area contributed by atoms with Crippen LogP contribution in [0.4, 0.5) is 5.69 Å². The number of H-pyrrole nitrogens is 1. The molecule has 3 aromatic rings. The van der Waals surface area contributed by atoms with Gasteiger partial charge in [-0.05, 0) is 35.9 Å². The molecule has 5 nitrogen and oxygen atoms in total. The Balaban J connectivity index is 1.77. The third kappa shape index (κ3) is 2.91. The number of rotatable bonds is 5. The Hall–Kier alpha value is -2.69. The van der Waals surface area contributed by atoms with Crippen molar-refractivity contribution in [3.8, 4) is 11.5 Å². The first kappa shape index (κ1) is 13.3. The van der Waals surface area contributed by atoms with Crippen LogP contribution in [0.5, 0.6) is 11.5 Å². The molecule has 1 aromatic heterocycles. The zero-order valence-corrected chi connectivity index (χ0v) is 12.0. The molecular weight excluding hydrogens is 266 g/mol. The zero-order valence-electron chi connectivity index (χ0n) is 12.0. The third-order valence-corrected chi connectivity index (χ3v) is 3.35. The summed E-state index contributed by atoms with van der Waals surface area (Å²) in [5.74, 6) is 1.57. The van der Waals surface area contributed by atoms with Gasteiger partial charge in [0.25, 0.3) is 0 Å². The lowest BCUT2D eigenvalue weighted by atomic mass is 10.2. The number of hydrogen-bond acceptors (Lipinski definition) is 4. The Morgan fingerprint density at radius 2 is 1.81 bits per heavy atom. The predicted octanol–water partition coefficient (Wildman–Crippen LogP) is 3.19. The second-order valence-electron chi connectivity index (χ2n) is 4.75.